The Bertz CT molecular complexity index is 1160. The van der Waals surface area contributed by atoms with Crippen LogP contribution in [0, 0.1) is 0 Å². The summed E-state index contributed by atoms with van der Waals surface area (Å²) in [5, 5.41) is 15.2. The van der Waals surface area contributed by atoms with Crippen molar-refractivity contribution in [3.63, 3.8) is 0 Å². The van der Waals surface area contributed by atoms with Crippen molar-refractivity contribution < 1.29 is 28.8 Å². The van der Waals surface area contributed by atoms with Crippen LogP contribution in [0.5, 0.6) is 0 Å². The van der Waals surface area contributed by atoms with Crippen molar-refractivity contribution in [2.24, 2.45) is 0 Å². The Labute approximate surface area is 196 Å². The lowest BCUT2D eigenvalue weighted by Gasteiger charge is -2.18. The van der Waals surface area contributed by atoms with Crippen molar-refractivity contribution >= 4 is 18.0 Å². The summed E-state index contributed by atoms with van der Waals surface area (Å²) in [5.74, 6) is -1.18. The topological polar surface area (TPSA) is 122 Å². The Kier molecular flexibility index (Phi) is 6.91. The second kappa shape index (κ2) is 10.2. The highest BCUT2D eigenvalue weighted by molar-refractivity contribution is 5.92. The molecule has 1 heterocycles. The van der Waals surface area contributed by atoms with Crippen LogP contribution in [-0.4, -0.2) is 52.8 Å². The molecule has 0 saturated heterocycles. The van der Waals surface area contributed by atoms with E-state index in [1.54, 1.807) is 6.92 Å². The molecule has 9 heteroatoms. The molecular formula is C25H25N3O6. The number of amides is 2. The molecule has 4 rings (SSSR count). The maximum atomic E-state index is 12.5. The summed E-state index contributed by atoms with van der Waals surface area (Å²) >= 11 is 0. The van der Waals surface area contributed by atoms with Crippen molar-refractivity contribution in [2.45, 2.75) is 25.8 Å². The van der Waals surface area contributed by atoms with E-state index in [1.165, 1.54) is 11.0 Å². The molecule has 0 unspecified atom stereocenters. The third kappa shape index (κ3) is 4.93. The number of aromatic nitrogens is 1. The monoisotopic (exact) mass is 463 g/mol. The van der Waals surface area contributed by atoms with Gasteiger partial charge < -0.3 is 24.6 Å². The van der Waals surface area contributed by atoms with E-state index in [0.717, 1.165) is 22.3 Å². The Morgan fingerprint density at radius 1 is 1.09 bits per heavy atom. The fourth-order valence-electron chi connectivity index (χ4n) is 4.10. The first kappa shape index (κ1) is 23.0. The maximum absolute atomic E-state index is 12.5. The van der Waals surface area contributed by atoms with Crippen molar-refractivity contribution in [2.75, 3.05) is 19.7 Å². The van der Waals surface area contributed by atoms with E-state index in [4.69, 9.17) is 14.4 Å². The highest BCUT2D eigenvalue weighted by Crippen LogP contribution is 2.44. The highest BCUT2D eigenvalue weighted by atomic mass is 16.5. The third-order valence-electron chi connectivity index (χ3n) is 5.79. The first-order valence-electron chi connectivity index (χ1n) is 11.0. The van der Waals surface area contributed by atoms with E-state index in [0.29, 0.717) is 6.54 Å². The number of carboxylic acid groups (broad SMARTS) is 1. The molecule has 2 aromatic carbocycles. The molecule has 3 aromatic rings. The van der Waals surface area contributed by atoms with Crippen LogP contribution in [-0.2, 0) is 16.1 Å². The van der Waals surface area contributed by atoms with Gasteiger partial charge in [0.2, 0.25) is 0 Å². The first-order chi connectivity index (χ1) is 16.5. The van der Waals surface area contributed by atoms with Gasteiger partial charge in [-0.15, -0.1) is 0 Å². The molecule has 2 N–H and O–H groups in total. The van der Waals surface area contributed by atoms with Crippen molar-refractivity contribution in [3.05, 3.63) is 77.2 Å². The predicted molar refractivity (Wildman–Crippen MR) is 122 cm³/mol. The fraction of sp³-hybridized carbons (Fsp3) is 0.280. The van der Waals surface area contributed by atoms with Gasteiger partial charge in [-0.05, 0) is 29.2 Å². The van der Waals surface area contributed by atoms with Gasteiger partial charge in [-0.2, -0.15) is 0 Å². The summed E-state index contributed by atoms with van der Waals surface area (Å²) in [6, 6.07) is 17.6. The van der Waals surface area contributed by atoms with Gasteiger partial charge in [0.1, 0.15) is 6.61 Å². The number of nitrogens with zero attached hydrogens (tertiary/aromatic N) is 2. The van der Waals surface area contributed by atoms with Gasteiger partial charge in [-0.1, -0.05) is 53.7 Å². The molecule has 1 aliphatic rings. The third-order valence-corrected chi connectivity index (χ3v) is 5.79. The molecule has 176 valence electrons. The van der Waals surface area contributed by atoms with Gasteiger partial charge in [0, 0.05) is 25.1 Å². The molecule has 0 fully saturated rings. The molecule has 0 radical (unpaired) electrons. The summed E-state index contributed by atoms with van der Waals surface area (Å²) in [7, 11) is 0. The number of nitrogens with one attached hydrogen (secondary N) is 1. The van der Waals surface area contributed by atoms with E-state index in [1.807, 2.05) is 36.4 Å². The summed E-state index contributed by atoms with van der Waals surface area (Å²) in [4.78, 5) is 36.9. The number of aliphatic carboxylic acids is 1. The number of carbonyl (C=O) groups is 3. The SMILES string of the molecule is CCN(CCC(=O)O)C(=O)c1cc(CNC(=O)OCC2c3ccccc3-c3ccccc32)on1. The van der Waals surface area contributed by atoms with Crippen molar-refractivity contribution in [3.8, 4) is 11.1 Å². The molecule has 9 nitrogen and oxygen atoms in total. The van der Waals surface area contributed by atoms with Gasteiger partial charge in [-0.25, -0.2) is 4.79 Å². The number of ether oxygens (including phenoxy) is 1. The first-order valence-corrected chi connectivity index (χ1v) is 11.0. The van der Waals surface area contributed by atoms with Crippen molar-refractivity contribution in [1.82, 2.24) is 15.4 Å². The Balaban J connectivity index is 1.31. The lowest BCUT2D eigenvalue weighted by atomic mass is 9.98. The number of alkyl carbamates (subject to hydrolysis) is 1. The quantitative estimate of drug-likeness (QED) is 0.497. The number of carbonyl (C=O) groups excluding carboxylic acids is 2. The zero-order valence-electron chi connectivity index (χ0n) is 18.7. The van der Waals surface area contributed by atoms with Gasteiger partial charge in [0.15, 0.2) is 11.5 Å². The molecule has 1 aliphatic carbocycles. The average Bonchev–Trinajstić information content (AvgIpc) is 3.44. The predicted octanol–water partition coefficient (Wildman–Crippen LogP) is 3.65. The molecule has 0 aliphatic heterocycles. The minimum absolute atomic E-state index is 0.00178. The Morgan fingerprint density at radius 3 is 2.35 bits per heavy atom. The van der Waals surface area contributed by atoms with Gasteiger partial charge in [-0.3, -0.25) is 9.59 Å². The normalized spacial score (nSPS) is 12.0. The number of carboxylic acids is 1. The second-order valence-electron chi connectivity index (χ2n) is 7.89. The summed E-state index contributed by atoms with van der Waals surface area (Å²) in [5.41, 5.74) is 4.60. The summed E-state index contributed by atoms with van der Waals surface area (Å²) < 4.78 is 10.6. The van der Waals surface area contributed by atoms with Crippen LogP contribution in [0.2, 0.25) is 0 Å². The lowest BCUT2D eigenvalue weighted by molar-refractivity contribution is -0.137. The van der Waals surface area contributed by atoms with Crippen molar-refractivity contribution in [1.29, 1.82) is 0 Å². The van der Waals surface area contributed by atoms with Crippen LogP contribution < -0.4 is 5.32 Å². The molecule has 0 saturated carbocycles. The molecular weight excluding hydrogens is 438 g/mol. The van der Waals surface area contributed by atoms with Crippen LogP contribution in [0.15, 0.2) is 59.1 Å². The number of benzene rings is 2. The smallest absolute Gasteiger partial charge is 0.407 e. The Hall–Kier alpha value is -4.14. The zero-order valence-corrected chi connectivity index (χ0v) is 18.7. The van der Waals surface area contributed by atoms with E-state index >= 15 is 0 Å². The average molecular weight is 463 g/mol. The van der Waals surface area contributed by atoms with Crippen LogP contribution in [0.25, 0.3) is 11.1 Å². The lowest BCUT2D eigenvalue weighted by Crippen LogP contribution is -2.33. The molecule has 0 atom stereocenters. The largest absolute Gasteiger partial charge is 0.481 e. The minimum Gasteiger partial charge on any atom is -0.481 e. The highest BCUT2D eigenvalue weighted by Gasteiger charge is 2.29. The number of hydrogen-bond acceptors (Lipinski definition) is 6. The second-order valence-corrected chi connectivity index (χ2v) is 7.89. The van der Waals surface area contributed by atoms with Crippen LogP contribution in [0.1, 0.15) is 46.6 Å². The van der Waals surface area contributed by atoms with E-state index in [-0.39, 0.29) is 43.5 Å². The van der Waals surface area contributed by atoms with E-state index in [2.05, 4.69) is 22.6 Å². The zero-order chi connectivity index (χ0) is 24.1. The maximum Gasteiger partial charge on any atom is 0.407 e. The standard InChI is InChI=1S/C25H25N3O6/c1-2-28(12-11-23(29)30)24(31)22-13-16(34-27-22)14-26-25(32)33-15-21-19-9-5-3-7-17(19)18-8-4-6-10-20(18)21/h3-10,13,21H,2,11-12,14-15H2,1H3,(H,26,32)(H,29,30). The van der Waals surface area contributed by atoms with Crippen LogP contribution in [0.4, 0.5) is 4.79 Å². The molecule has 1 aromatic heterocycles. The van der Waals surface area contributed by atoms with Gasteiger partial charge >= 0.3 is 12.1 Å². The molecule has 0 spiro atoms. The summed E-state index contributed by atoms with van der Waals surface area (Å²) in [6.45, 7) is 2.35. The number of hydrogen-bond donors (Lipinski definition) is 2. The van der Waals surface area contributed by atoms with Gasteiger partial charge in [0.05, 0.1) is 13.0 Å². The van der Waals surface area contributed by atoms with Gasteiger partial charge in [0.25, 0.3) is 5.91 Å². The Morgan fingerprint density at radius 2 is 1.74 bits per heavy atom. The van der Waals surface area contributed by atoms with E-state index < -0.39 is 18.0 Å². The fourth-order valence-corrected chi connectivity index (χ4v) is 4.10. The number of fused-ring (bicyclic) bond motifs is 3. The summed E-state index contributed by atoms with van der Waals surface area (Å²) in [6.07, 6.45) is -0.768. The number of rotatable bonds is 9. The van der Waals surface area contributed by atoms with Crippen LogP contribution in [0.3, 0.4) is 0 Å². The van der Waals surface area contributed by atoms with Crippen LogP contribution >= 0.6 is 0 Å². The molecule has 0 bridgehead atoms. The molecule has 34 heavy (non-hydrogen) atoms. The molecule has 2 amide bonds. The van der Waals surface area contributed by atoms with E-state index in [9.17, 15) is 14.4 Å². The minimum atomic E-state index is -0.987.